The first kappa shape index (κ1) is 12.6. The largest absolute Gasteiger partial charge is 0.469 e. The second-order valence-electron chi connectivity index (χ2n) is 4.28. The van der Waals surface area contributed by atoms with Crippen LogP contribution in [0.25, 0.3) is 0 Å². The van der Waals surface area contributed by atoms with Crippen molar-refractivity contribution in [1.29, 1.82) is 0 Å². The first-order valence-electron chi connectivity index (χ1n) is 5.76. The van der Waals surface area contributed by atoms with Gasteiger partial charge in [-0.15, -0.1) is 0 Å². The van der Waals surface area contributed by atoms with Crippen LogP contribution in [0.4, 0.5) is 0 Å². The Labute approximate surface area is 110 Å². The molecule has 3 nitrogen and oxygen atoms in total. The summed E-state index contributed by atoms with van der Waals surface area (Å²) >= 11 is 3.47. The van der Waals surface area contributed by atoms with E-state index >= 15 is 0 Å². The summed E-state index contributed by atoms with van der Waals surface area (Å²) in [5.74, 6) is 0.0476. The van der Waals surface area contributed by atoms with Crippen LogP contribution in [0, 0.1) is 5.92 Å². The molecule has 0 radical (unpaired) electrons. The van der Waals surface area contributed by atoms with Gasteiger partial charge < -0.3 is 10.1 Å². The molecule has 0 spiro atoms. The molecule has 2 atom stereocenters. The molecule has 1 heterocycles. The second kappa shape index (κ2) is 5.65. The Morgan fingerprint density at radius 1 is 1.53 bits per heavy atom. The number of hydrogen-bond acceptors (Lipinski definition) is 3. The molecule has 2 rings (SSSR count). The average Bonchev–Trinajstić information content (AvgIpc) is 2.38. The highest BCUT2D eigenvalue weighted by molar-refractivity contribution is 9.10. The Balaban J connectivity index is 2.24. The van der Waals surface area contributed by atoms with E-state index in [9.17, 15) is 4.79 Å². The molecule has 92 valence electrons. The van der Waals surface area contributed by atoms with Crippen molar-refractivity contribution < 1.29 is 9.53 Å². The van der Waals surface area contributed by atoms with E-state index in [0.29, 0.717) is 6.54 Å². The normalized spacial score (nSPS) is 24.4. The monoisotopic (exact) mass is 297 g/mol. The molecule has 17 heavy (non-hydrogen) atoms. The van der Waals surface area contributed by atoms with Crippen LogP contribution in [0.5, 0.6) is 0 Å². The van der Waals surface area contributed by atoms with Gasteiger partial charge in [0.1, 0.15) is 0 Å². The maximum atomic E-state index is 11.8. The number of hydrogen-bond donors (Lipinski definition) is 1. The Kier molecular flexibility index (Phi) is 4.18. The van der Waals surface area contributed by atoms with Crippen molar-refractivity contribution in [1.82, 2.24) is 5.32 Å². The summed E-state index contributed by atoms with van der Waals surface area (Å²) in [4.78, 5) is 11.8. The van der Waals surface area contributed by atoms with Gasteiger partial charge >= 0.3 is 5.97 Å². The van der Waals surface area contributed by atoms with Gasteiger partial charge in [-0.1, -0.05) is 28.1 Å². The molecule has 1 aromatic rings. The zero-order valence-corrected chi connectivity index (χ0v) is 11.4. The molecule has 0 bridgehead atoms. The van der Waals surface area contributed by atoms with Crippen LogP contribution in [-0.4, -0.2) is 26.2 Å². The molecule has 1 aromatic carbocycles. The lowest BCUT2D eigenvalue weighted by molar-refractivity contribution is -0.146. The van der Waals surface area contributed by atoms with E-state index in [2.05, 4.69) is 33.4 Å². The van der Waals surface area contributed by atoms with Gasteiger partial charge in [0.05, 0.1) is 13.0 Å². The van der Waals surface area contributed by atoms with E-state index in [1.807, 2.05) is 12.1 Å². The van der Waals surface area contributed by atoms with Crippen molar-refractivity contribution in [3.05, 3.63) is 34.3 Å². The standard InChI is InChI=1S/C13H16BrNO2/c1-17-13(16)12-8-15-6-5-11(12)9-3-2-4-10(14)7-9/h2-4,7,11-12,15H,5-6,8H2,1H3/t11-,12-/m0/s1. The highest BCUT2D eigenvalue weighted by Crippen LogP contribution is 2.32. The number of carbonyl (C=O) groups is 1. The zero-order valence-electron chi connectivity index (χ0n) is 9.78. The summed E-state index contributed by atoms with van der Waals surface area (Å²) in [5.41, 5.74) is 1.20. The van der Waals surface area contributed by atoms with Crippen molar-refractivity contribution in [3.8, 4) is 0 Å². The number of piperidine rings is 1. The van der Waals surface area contributed by atoms with E-state index in [-0.39, 0.29) is 17.8 Å². The maximum absolute atomic E-state index is 11.8. The Bertz CT molecular complexity index is 408. The minimum Gasteiger partial charge on any atom is -0.469 e. The quantitative estimate of drug-likeness (QED) is 0.852. The molecule has 1 aliphatic heterocycles. The molecule has 0 unspecified atom stereocenters. The molecule has 1 fully saturated rings. The van der Waals surface area contributed by atoms with Gasteiger partial charge in [0, 0.05) is 11.0 Å². The van der Waals surface area contributed by atoms with Gasteiger partial charge in [-0.25, -0.2) is 0 Å². The summed E-state index contributed by atoms with van der Waals surface area (Å²) in [6, 6.07) is 8.18. The third kappa shape index (κ3) is 2.87. The van der Waals surface area contributed by atoms with Gasteiger partial charge in [-0.2, -0.15) is 0 Å². The number of ether oxygens (including phenoxy) is 1. The van der Waals surface area contributed by atoms with Crippen molar-refractivity contribution in [2.24, 2.45) is 5.92 Å². The third-order valence-corrected chi connectivity index (χ3v) is 3.76. The van der Waals surface area contributed by atoms with E-state index in [1.54, 1.807) is 0 Å². The highest BCUT2D eigenvalue weighted by Gasteiger charge is 2.32. The smallest absolute Gasteiger partial charge is 0.310 e. The van der Waals surface area contributed by atoms with Crippen LogP contribution in [0.2, 0.25) is 0 Å². The SMILES string of the molecule is COC(=O)[C@H]1CNCC[C@H]1c1cccc(Br)c1. The fraction of sp³-hybridized carbons (Fsp3) is 0.462. The van der Waals surface area contributed by atoms with Crippen LogP contribution >= 0.6 is 15.9 Å². The minimum absolute atomic E-state index is 0.0805. The predicted molar refractivity (Wildman–Crippen MR) is 69.9 cm³/mol. The number of carbonyl (C=O) groups excluding carboxylic acids is 1. The molecule has 0 aliphatic carbocycles. The molecule has 1 saturated heterocycles. The van der Waals surface area contributed by atoms with E-state index in [1.165, 1.54) is 12.7 Å². The lowest BCUT2D eigenvalue weighted by Crippen LogP contribution is -2.40. The second-order valence-corrected chi connectivity index (χ2v) is 5.20. The Morgan fingerprint density at radius 3 is 3.06 bits per heavy atom. The van der Waals surface area contributed by atoms with Crippen molar-refractivity contribution in [2.75, 3.05) is 20.2 Å². The number of benzene rings is 1. The Morgan fingerprint density at radius 2 is 2.35 bits per heavy atom. The number of rotatable bonds is 2. The lowest BCUT2D eigenvalue weighted by Gasteiger charge is -2.30. The van der Waals surface area contributed by atoms with Crippen LogP contribution < -0.4 is 5.32 Å². The molecule has 4 heteroatoms. The van der Waals surface area contributed by atoms with Crippen LogP contribution in [0.3, 0.4) is 0 Å². The van der Waals surface area contributed by atoms with Crippen LogP contribution in [0.15, 0.2) is 28.7 Å². The first-order valence-corrected chi connectivity index (χ1v) is 6.55. The molecule has 0 saturated carbocycles. The van der Waals surface area contributed by atoms with E-state index < -0.39 is 0 Å². The molecule has 1 N–H and O–H groups in total. The number of esters is 1. The number of nitrogens with one attached hydrogen (secondary N) is 1. The van der Waals surface area contributed by atoms with Crippen molar-refractivity contribution in [3.63, 3.8) is 0 Å². The van der Waals surface area contributed by atoms with Gasteiger partial charge in [-0.05, 0) is 36.6 Å². The summed E-state index contributed by atoms with van der Waals surface area (Å²) in [6.45, 7) is 1.65. The van der Waals surface area contributed by atoms with Gasteiger partial charge in [-0.3, -0.25) is 4.79 Å². The summed E-state index contributed by atoms with van der Waals surface area (Å²) < 4.78 is 5.93. The molecular formula is C13H16BrNO2. The third-order valence-electron chi connectivity index (χ3n) is 3.26. The van der Waals surface area contributed by atoms with Crippen LogP contribution in [0.1, 0.15) is 17.9 Å². The van der Waals surface area contributed by atoms with E-state index in [0.717, 1.165) is 17.4 Å². The molecule has 0 aromatic heterocycles. The molecular weight excluding hydrogens is 282 g/mol. The van der Waals surface area contributed by atoms with Gasteiger partial charge in [0.2, 0.25) is 0 Å². The van der Waals surface area contributed by atoms with Crippen molar-refractivity contribution >= 4 is 21.9 Å². The summed E-state index contributed by atoms with van der Waals surface area (Å²) in [6.07, 6.45) is 0.968. The minimum atomic E-state index is -0.123. The fourth-order valence-corrected chi connectivity index (χ4v) is 2.81. The number of halogens is 1. The molecule has 0 amide bonds. The zero-order chi connectivity index (χ0) is 12.3. The maximum Gasteiger partial charge on any atom is 0.310 e. The molecule has 1 aliphatic rings. The highest BCUT2D eigenvalue weighted by atomic mass is 79.9. The lowest BCUT2D eigenvalue weighted by atomic mass is 9.81. The van der Waals surface area contributed by atoms with Crippen molar-refractivity contribution in [2.45, 2.75) is 12.3 Å². The van der Waals surface area contributed by atoms with Gasteiger partial charge in [0.25, 0.3) is 0 Å². The fourth-order valence-electron chi connectivity index (χ4n) is 2.39. The Hall–Kier alpha value is -0.870. The topological polar surface area (TPSA) is 38.3 Å². The van der Waals surface area contributed by atoms with Gasteiger partial charge in [0.15, 0.2) is 0 Å². The average molecular weight is 298 g/mol. The van der Waals surface area contributed by atoms with E-state index in [4.69, 9.17) is 4.74 Å². The summed E-state index contributed by atoms with van der Waals surface area (Å²) in [5, 5.41) is 3.25. The first-order chi connectivity index (χ1) is 8.22. The summed E-state index contributed by atoms with van der Waals surface area (Å²) in [7, 11) is 1.45. The number of methoxy groups -OCH3 is 1. The van der Waals surface area contributed by atoms with Crippen LogP contribution in [-0.2, 0) is 9.53 Å². The predicted octanol–water partition coefficient (Wildman–Crippen LogP) is 2.32.